The molecule has 1 unspecified atom stereocenters. The van der Waals surface area contributed by atoms with Crippen molar-refractivity contribution in [2.75, 3.05) is 5.88 Å². The van der Waals surface area contributed by atoms with Crippen molar-refractivity contribution in [3.63, 3.8) is 0 Å². The van der Waals surface area contributed by atoms with Gasteiger partial charge in [-0.1, -0.05) is 12.2 Å². The molecule has 20 heavy (non-hydrogen) atoms. The number of carbonyl (C=O) groups excluding carboxylic acids is 1. The van der Waals surface area contributed by atoms with Crippen molar-refractivity contribution in [2.24, 2.45) is 5.92 Å². The topological polar surface area (TPSA) is 66.4 Å². The van der Waals surface area contributed by atoms with Crippen molar-refractivity contribution in [3.05, 3.63) is 23.1 Å². The number of alkyl halides is 1. The third-order valence-corrected chi connectivity index (χ3v) is 6.58. The number of allylic oxidation sites excluding steroid dienone is 1. The van der Waals surface area contributed by atoms with Crippen LogP contribution in [0.1, 0.15) is 25.7 Å². The zero-order valence-corrected chi connectivity index (χ0v) is 12.6. The lowest BCUT2D eigenvalue weighted by Gasteiger charge is -2.48. The maximum absolute atomic E-state index is 12.5. The Morgan fingerprint density at radius 3 is 3.00 bits per heavy atom. The number of aliphatic hydroxyl groups is 1. The van der Waals surface area contributed by atoms with E-state index < -0.39 is 21.7 Å². The average Bonchev–Trinajstić information content (AvgIpc) is 2.67. The van der Waals surface area contributed by atoms with Crippen LogP contribution in [0.25, 0.3) is 0 Å². The van der Waals surface area contributed by atoms with Gasteiger partial charge < -0.3 is 10.4 Å². The van der Waals surface area contributed by atoms with Crippen molar-refractivity contribution in [2.45, 2.75) is 42.6 Å². The highest BCUT2D eigenvalue weighted by atomic mass is 35.5. The summed E-state index contributed by atoms with van der Waals surface area (Å²) in [5.41, 5.74) is 0.886. The summed E-state index contributed by atoms with van der Waals surface area (Å²) in [7, 11) is -1.48. The second kappa shape index (κ2) is 5.28. The summed E-state index contributed by atoms with van der Waals surface area (Å²) in [4.78, 5) is 12.1. The molecule has 1 fully saturated rings. The molecule has 3 aliphatic rings. The summed E-state index contributed by atoms with van der Waals surface area (Å²) in [5.74, 6) is 0.0309. The van der Waals surface area contributed by atoms with Crippen LogP contribution < -0.4 is 5.32 Å². The van der Waals surface area contributed by atoms with E-state index in [0.29, 0.717) is 12.3 Å². The highest BCUT2D eigenvalue weighted by molar-refractivity contribution is 7.90. The van der Waals surface area contributed by atoms with Crippen LogP contribution in [-0.2, 0) is 15.6 Å². The van der Waals surface area contributed by atoms with Gasteiger partial charge in [-0.15, -0.1) is 11.6 Å². The van der Waals surface area contributed by atoms with E-state index in [1.165, 1.54) is 0 Å². The van der Waals surface area contributed by atoms with E-state index in [2.05, 4.69) is 5.32 Å². The summed E-state index contributed by atoms with van der Waals surface area (Å²) < 4.78 is 11.3. The van der Waals surface area contributed by atoms with Crippen molar-refractivity contribution in [1.82, 2.24) is 5.32 Å². The largest absolute Gasteiger partial charge is 0.390 e. The zero-order valence-electron chi connectivity index (χ0n) is 11.0. The lowest BCUT2D eigenvalue weighted by Crippen LogP contribution is -2.77. The van der Waals surface area contributed by atoms with Crippen LogP contribution in [0.4, 0.5) is 0 Å². The Morgan fingerprint density at radius 1 is 1.60 bits per heavy atom. The summed E-state index contributed by atoms with van der Waals surface area (Å²) in [5, 5.41) is 15.1. The monoisotopic (exact) mass is 315 g/mol. The molecule has 5 atom stereocenters. The number of aliphatic hydroxyl groups excluding tert-OH is 1. The van der Waals surface area contributed by atoms with E-state index in [4.69, 9.17) is 11.6 Å². The van der Waals surface area contributed by atoms with E-state index in [9.17, 15) is 14.1 Å². The summed E-state index contributed by atoms with van der Waals surface area (Å²) in [6.07, 6.45) is 6.52. The first-order valence-electron chi connectivity index (χ1n) is 6.95. The first-order valence-corrected chi connectivity index (χ1v) is 8.70. The summed E-state index contributed by atoms with van der Waals surface area (Å²) >= 11 is 5.75. The molecule has 3 rings (SSSR count). The molecule has 0 bridgehead atoms. The van der Waals surface area contributed by atoms with Crippen molar-refractivity contribution < 1.29 is 14.1 Å². The van der Waals surface area contributed by atoms with Gasteiger partial charge in [-0.3, -0.25) is 9.00 Å². The Bertz CT molecular complexity index is 519. The fraction of sp³-hybridized carbons (Fsp3) is 0.643. The Balaban J connectivity index is 1.90. The predicted molar refractivity (Wildman–Crippen MR) is 78.7 cm³/mol. The maximum atomic E-state index is 12.5. The highest BCUT2D eigenvalue weighted by Crippen LogP contribution is 2.46. The number of hydrogen-bond donors (Lipinski definition) is 2. The Kier molecular flexibility index (Phi) is 3.77. The van der Waals surface area contributed by atoms with Crippen LogP contribution in [-0.4, -0.2) is 38.0 Å². The van der Waals surface area contributed by atoms with Crippen LogP contribution in [0.5, 0.6) is 0 Å². The standard InChI is InChI=1S/C14H18ClNO3S/c15-7-6-10-8-20(19)14(11(10)16-13(14)18)12(17)9-4-2-1-3-5-9/h2,4,8-9,11-12,17H,1,3,5-7H2,(H,16,18)/t9-,11+,12+,14+,20?/m1/s1. The average molecular weight is 316 g/mol. The van der Waals surface area contributed by atoms with E-state index >= 15 is 0 Å². The van der Waals surface area contributed by atoms with Gasteiger partial charge in [0, 0.05) is 17.2 Å². The summed E-state index contributed by atoms with van der Waals surface area (Å²) in [6.45, 7) is 0. The molecular formula is C14H18ClNO3S. The van der Waals surface area contributed by atoms with Crippen LogP contribution in [0.2, 0.25) is 0 Å². The molecule has 2 N–H and O–H groups in total. The molecule has 0 aromatic rings. The SMILES string of the molecule is O=C1N[C@H]2C(CCCl)=CS(=O)[C@@]12[C@@H](O)[C@@H]1C=CCCC1. The number of rotatable bonds is 4. The predicted octanol–water partition coefficient (Wildman–Crippen LogP) is 1.22. The van der Waals surface area contributed by atoms with E-state index in [-0.39, 0.29) is 17.9 Å². The number of fused-ring (bicyclic) bond motifs is 1. The van der Waals surface area contributed by atoms with Gasteiger partial charge >= 0.3 is 0 Å². The van der Waals surface area contributed by atoms with Gasteiger partial charge in [-0.2, -0.15) is 0 Å². The molecule has 1 aliphatic carbocycles. The molecule has 110 valence electrons. The minimum Gasteiger partial charge on any atom is -0.390 e. The molecule has 0 aromatic heterocycles. The smallest absolute Gasteiger partial charge is 0.244 e. The molecule has 0 radical (unpaired) electrons. The van der Waals surface area contributed by atoms with Crippen LogP contribution in [0.3, 0.4) is 0 Å². The number of β-lactam (4-membered cyclic amide) rings is 1. The first-order chi connectivity index (χ1) is 9.62. The van der Waals surface area contributed by atoms with E-state index in [0.717, 1.165) is 24.8 Å². The molecule has 2 aliphatic heterocycles. The number of nitrogens with one attached hydrogen (secondary N) is 1. The van der Waals surface area contributed by atoms with Crippen molar-refractivity contribution >= 4 is 28.3 Å². The molecule has 6 heteroatoms. The number of amides is 1. The fourth-order valence-electron chi connectivity index (χ4n) is 3.44. The lowest BCUT2D eigenvalue weighted by molar-refractivity contribution is -0.137. The Hall–Kier alpha value is -0.650. The Morgan fingerprint density at radius 2 is 2.40 bits per heavy atom. The molecule has 0 aromatic carbocycles. The van der Waals surface area contributed by atoms with Crippen LogP contribution >= 0.6 is 11.6 Å². The molecule has 2 heterocycles. The molecule has 0 spiro atoms. The second-order valence-electron chi connectivity index (χ2n) is 5.60. The quantitative estimate of drug-likeness (QED) is 0.466. The molecule has 0 saturated carbocycles. The van der Waals surface area contributed by atoms with Crippen molar-refractivity contribution in [1.29, 1.82) is 0 Å². The molecule has 1 saturated heterocycles. The number of carbonyl (C=O) groups is 1. The third-order valence-electron chi connectivity index (χ3n) is 4.54. The Labute approximate surface area is 125 Å². The van der Waals surface area contributed by atoms with Gasteiger partial charge in [0.15, 0.2) is 4.75 Å². The highest BCUT2D eigenvalue weighted by Gasteiger charge is 2.68. The molecular weight excluding hydrogens is 298 g/mol. The van der Waals surface area contributed by atoms with E-state index in [1.54, 1.807) is 5.41 Å². The third kappa shape index (κ3) is 1.83. The zero-order chi connectivity index (χ0) is 14.3. The minimum absolute atomic E-state index is 0.0926. The van der Waals surface area contributed by atoms with Gasteiger partial charge in [-0.05, 0) is 31.3 Å². The first kappa shape index (κ1) is 14.3. The van der Waals surface area contributed by atoms with Crippen LogP contribution in [0.15, 0.2) is 23.1 Å². The van der Waals surface area contributed by atoms with Gasteiger partial charge in [0.25, 0.3) is 0 Å². The second-order valence-corrected chi connectivity index (χ2v) is 7.48. The normalized spacial score (nSPS) is 40.6. The van der Waals surface area contributed by atoms with E-state index in [1.807, 2.05) is 12.2 Å². The lowest BCUT2D eigenvalue weighted by atomic mass is 9.73. The van der Waals surface area contributed by atoms with Gasteiger partial charge in [0.2, 0.25) is 5.91 Å². The number of hydrogen-bond acceptors (Lipinski definition) is 3. The van der Waals surface area contributed by atoms with Gasteiger partial charge in [-0.25, -0.2) is 0 Å². The summed E-state index contributed by atoms with van der Waals surface area (Å²) in [6, 6.07) is -0.320. The molecule has 4 nitrogen and oxygen atoms in total. The minimum atomic E-state index is -1.48. The van der Waals surface area contributed by atoms with Gasteiger partial charge in [0.1, 0.15) is 0 Å². The number of halogens is 1. The fourth-order valence-corrected chi connectivity index (χ4v) is 5.48. The maximum Gasteiger partial charge on any atom is 0.244 e. The van der Waals surface area contributed by atoms with Gasteiger partial charge in [0.05, 0.1) is 22.9 Å². The molecule has 1 amide bonds. The van der Waals surface area contributed by atoms with Crippen LogP contribution in [0, 0.1) is 5.92 Å². The van der Waals surface area contributed by atoms with Crippen molar-refractivity contribution in [3.8, 4) is 0 Å².